The third-order valence-corrected chi connectivity index (χ3v) is 9.74. The first-order chi connectivity index (χ1) is 14.8. The van der Waals surface area contributed by atoms with Gasteiger partial charge < -0.3 is 16.8 Å². The van der Waals surface area contributed by atoms with Crippen molar-refractivity contribution in [1.82, 2.24) is 10.2 Å². The minimum absolute atomic E-state index is 0.00821. The number of carbonyl (C=O) groups excluding carboxylic acids is 1. The molecular formula is C23H39Cl2N5O. The van der Waals surface area contributed by atoms with Crippen LogP contribution in [0.2, 0.25) is 0 Å². The van der Waals surface area contributed by atoms with Crippen molar-refractivity contribution in [2.75, 3.05) is 6.54 Å². The van der Waals surface area contributed by atoms with Gasteiger partial charge in [0.25, 0.3) is 0 Å². The lowest BCUT2D eigenvalue weighted by Gasteiger charge is -2.41. The molecule has 6 N–H and O–H groups in total. The van der Waals surface area contributed by atoms with E-state index in [9.17, 15) is 4.79 Å². The first kappa shape index (κ1) is 23.6. The molecule has 8 heteroatoms. The highest BCUT2D eigenvalue weighted by molar-refractivity contribution is 6.30. The Morgan fingerprint density at radius 1 is 1.03 bits per heavy atom. The van der Waals surface area contributed by atoms with Gasteiger partial charge in [-0.3, -0.25) is 15.1 Å². The zero-order valence-electron chi connectivity index (χ0n) is 18.4. The van der Waals surface area contributed by atoms with E-state index >= 15 is 0 Å². The minimum atomic E-state index is -0.115. The number of amides is 1. The second-order valence-electron chi connectivity index (χ2n) is 10.5. The van der Waals surface area contributed by atoms with Crippen LogP contribution in [0.1, 0.15) is 70.6 Å². The number of fused-ring (bicyclic) bond motifs is 1. The Balaban J connectivity index is 1.48. The van der Waals surface area contributed by atoms with Crippen LogP contribution in [0.4, 0.5) is 0 Å². The topological polar surface area (TPSA) is 108 Å². The number of alkyl halides is 2. The Morgan fingerprint density at radius 2 is 1.77 bits per heavy atom. The van der Waals surface area contributed by atoms with Crippen LogP contribution >= 0.6 is 23.2 Å². The van der Waals surface area contributed by atoms with E-state index in [-0.39, 0.29) is 40.7 Å². The van der Waals surface area contributed by atoms with E-state index in [2.05, 4.69) is 10.2 Å². The smallest absolute Gasteiger partial charge is 0.237 e. The van der Waals surface area contributed by atoms with Crippen LogP contribution in [-0.2, 0) is 4.79 Å². The molecule has 4 aliphatic rings. The molecule has 0 aromatic rings. The average molecular weight is 473 g/mol. The molecule has 0 bridgehead atoms. The Labute approximate surface area is 196 Å². The number of halogens is 2. The maximum atomic E-state index is 13.4. The van der Waals surface area contributed by atoms with E-state index in [1.165, 1.54) is 0 Å². The van der Waals surface area contributed by atoms with Gasteiger partial charge in [-0.2, -0.15) is 0 Å². The number of nitrogens with one attached hydrogen (secondary N) is 2. The third-order valence-electron chi connectivity index (χ3n) is 8.47. The molecule has 7 unspecified atom stereocenters. The fraction of sp³-hybridized carbons (Fsp3) is 0.913. The highest BCUT2D eigenvalue weighted by Gasteiger charge is 2.49. The molecule has 0 aromatic carbocycles. The maximum absolute atomic E-state index is 13.4. The van der Waals surface area contributed by atoms with Crippen LogP contribution in [0.3, 0.4) is 0 Å². The highest BCUT2D eigenvalue weighted by atomic mass is 35.5. The Kier molecular flexibility index (Phi) is 7.72. The summed E-state index contributed by atoms with van der Waals surface area (Å²) in [6.07, 6.45) is 10.8. The summed E-state index contributed by atoms with van der Waals surface area (Å²) in [4.78, 5) is 15.9. The molecule has 0 aromatic heterocycles. The van der Waals surface area contributed by atoms with Crippen LogP contribution < -0.4 is 16.8 Å². The number of hydrogen-bond acceptors (Lipinski definition) is 4. The predicted octanol–water partition coefficient (Wildman–Crippen LogP) is 3.18. The average Bonchev–Trinajstić information content (AvgIpc) is 3.11. The normalized spacial score (nSPS) is 43.9. The molecule has 1 saturated heterocycles. The van der Waals surface area contributed by atoms with Crippen LogP contribution in [-0.4, -0.2) is 58.1 Å². The molecule has 4 rings (SSSR count). The molecule has 4 fully saturated rings. The summed E-state index contributed by atoms with van der Waals surface area (Å²) in [5, 5.41) is 11.3. The second-order valence-corrected chi connectivity index (χ2v) is 11.6. The summed E-state index contributed by atoms with van der Waals surface area (Å²) >= 11 is 13.2. The van der Waals surface area contributed by atoms with Gasteiger partial charge in [-0.15, -0.1) is 23.2 Å². The Morgan fingerprint density at radius 3 is 2.48 bits per heavy atom. The lowest BCUT2D eigenvalue weighted by atomic mass is 9.77. The standard InChI is InChI=1S/C23H39Cl2N5O/c24-18-3-1-2-15(21(18)25)12-30-19-11-14(22(27)28)5-4-13(19)10-20(30)23(31)29-17-8-6-16(26)7-9-17/h13-21H,1-12,26H2,(H3,27,28)(H,29,31). The second kappa shape index (κ2) is 10.1. The van der Waals surface area contributed by atoms with Gasteiger partial charge in [-0.1, -0.05) is 6.42 Å². The first-order valence-electron chi connectivity index (χ1n) is 12.3. The zero-order chi connectivity index (χ0) is 22.1. The van der Waals surface area contributed by atoms with Crippen molar-refractivity contribution in [2.45, 2.75) is 106 Å². The number of nitrogens with zero attached hydrogens (tertiary/aromatic N) is 1. The van der Waals surface area contributed by atoms with Gasteiger partial charge in [0, 0.05) is 30.6 Å². The van der Waals surface area contributed by atoms with E-state index in [1.807, 2.05) is 0 Å². The van der Waals surface area contributed by atoms with Gasteiger partial charge in [0.2, 0.25) is 5.91 Å². The molecule has 1 heterocycles. The van der Waals surface area contributed by atoms with E-state index in [1.54, 1.807) is 0 Å². The quantitative estimate of drug-likeness (QED) is 0.280. The van der Waals surface area contributed by atoms with E-state index < -0.39 is 0 Å². The third kappa shape index (κ3) is 5.34. The number of rotatable bonds is 5. The Hall–Kier alpha value is -0.560. The summed E-state index contributed by atoms with van der Waals surface area (Å²) in [5.41, 5.74) is 11.9. The van der Waals surface area contributed by atoms with Gasteiger partial charge >= 0.3 is 0 Å². The van der Waals surface area contributed by atoms with Crippen LogP contribution in [0.5, 0.6) is 0 Å². The largest absolute Gasteiger partial charge is 0.387 e. The number of nitrogens with two attached hydrogens (primary N) is 2. The van der Waals surface area contributed by atoms with Crippen molar-refractivity contribution in [3.05, 3.63) is 0 Å². The monoisotopic (exact) mass is 471 g/mol. The van der Waals surface area contributed by atoms with Gasteiger partial charge in [-0.05, 0) is 76.0 Å². The molecule has 6 nitrogen and oxygen atoms in total. The SMILES string of the molecule is N=C(N)C1CCC2CC(C(=O)NC3CCC(N)CC3)N(CC3CCCC(Cl)C3Cl)C2C1. The van der Waals surface area contributed by atoms with Crippen molar-refractivity contribution in [2.24, 2.45) is 29.2 Å². The highest BCUT2D eigenvalue weighted by Crippen LogP contribution is 2.44. The number of hydrogen-bond donors (Lipinski definition) is 4. The van der Waals surface area contributed by atoms with Crippen LogP contribution in [0, 0.1) is 23.2 Å². The van der Waals surface area contributed by atoms with E-state index in [0.717, 1.165) is 77.2 Å². The number of likely N-dealkylation sites (tertiary alicyclic amines) is 1. The molecule has 31 heavy (non-hydrogen) atoms. The molecule has 176 valence electrons. The fourth-order valence-electron chi connectivity index (χ4n) is 6.56. The molecule has 1 aliphatic heterocycles. The summed E-state index contributed by atoms with van der Waals surface area (Å²) in [5.74, 6) is 1.38. The number of amidine groups is 1. The molecule has 0 spiro atoms. The maximum Gasteiger partial charge on any atom is 0.237 e. The minimum Gasteiger partial charge on any atom is -0.387 e. The number of carbonyl (C=O) groups is 1. The van der Waals surface area contributed by atoms with Gasteiger partial charge in [0.1, 0.15) is 0 Å². The summed E-state index contributed by atoms with van der Waals surface area (Å²) in [6, 6.07) is 0.705. The predicted molar refractivity (Wildman–Crippen MR) is 127 cm³/mol. The van der Waals surface area contributed by atoms with Crippen molar-refractivity contribution in [3.8, 4) is 0 Å². The van der Waals surface area contributed by atoms with Crippen LogP contribution in [0.15, 0.2) is 0 Å². The van der Waals surface area contributed by atoms with Crippen molar-refractivity contribution >= 4 is 34.9 Å². The van der Waals surface area contributed by atoms with Crippen molar-refractivity contribution in [3.63, 3.8) is 0 Å². The zero-order valence-corrected chi connectivity index (χ0v) is 20.0. The van der Waals surface area contributed by atoms with Crippen molar-refractivity contribution in [1.29, 1.82) is 5.41 Å². The van der Waals surface area contributed by atoms with Gasteiger partial charge in [0.05, 0.1) is 22.6 Å². The lowest BCUT2D eigenvalue weighted by Crippen LogP contribution is -2.53. The van der Waals surface area contributed by atoms with E-state index in [4.69, 9.17) is 40.1 Å². The molecule has 3 saturated carbocycles. The summed E-state index contributed by atoms with van der Waals surface area (Å²) in [6.45, 7) is 0.816. The Bertz CT molecular complexity index is 656. The molecule has 7 atom stereocenters. The van der Waals surface area contributed by atoms with Crippen LogP contribution in [0.25, 0.3) is 0 Å². The molecular weight excluding hydrogens is 433 g/mol. The van der Waals surface area contributed by atoms with E-state index in [0.29, 0.717) is 23.7 Å². The molecule has 3 aliphatic carbocycles. The molecule has 1 amide bonds. The fourth-order valence-corrected chi connectivity index (χ4v) is 7.25. The first-order valence-corrected chi connectivity index (χ1v) is 13.1. The van der Waals surface area contributed by atoms with Crippen molar-refractivity contribution < 1.29 is 4.79 Å². The lowest BCUT2D eigenvalue weighted by molar-refractivity contribution is -0.127. The summed E-state index contributed by atoms with van der Waals surface area (Å²) < 4.78 is 0. The summed E-state index contributed by atoms with van der Waals surface area (Å²) in [7, 11) is 0. The van der Waals surface area contributed by atoms with Gasteiger partial charge in [-0.25, -0.2) is 0 Å². The molecule has 0 radical (unpaired) electrons. The van der Waals surface area contributed by atoms with Gasteiger partial charge in [0.15, 0.2) is 0 Å².